The minimum absolute atomic E-state index is 0.0808. The molecule has 40 heavy (non-hydrogen) atoms. The lowest BCUT2D eigenvalue weighted by Gasteiger charge is -2.12. The van der Waals surface area contributed by atoms with E-state index in [-0.39, 0.29) is 44.5 Å². The van der Waals surface area contributed by atoms with Gasteiger partial charge in [0, 0.05) is 17.6 Å². The van der Waals surface area contributed by atoms with Gasteiger partial charge in [-0.05, 0) is 35.4 Å². The van der Waals surface area contributed by atoms with Crippen LogP contribution in [0.25, 0.3) is 21.3 Å². The number of alkyl halides is 3. The number of nitrogens with two attached hydrogens (primary N) is 1. The van der Waals surface area contributed by atoms with Gasteiger partial charge in [-0.15, -0.1) is 11.3 Å². The highest BCUT2D eigenvalue weighted by atomic mass is 32.1. The van der Waals surface area contributed by atoms with Crippen molar-refractivity contribution in [2.45, 2.75) is 12.9 Å². The Morgan fingerprint density at radius 1 is 1.05 bits per heavy atom. The smallest absolute Gasteiger partial charge is 0.433 e. The summed E-state index contributed by atoms with van der Waals surface area (Å²) in [4.78, 5) is 28.7. The molecule has 0 aliphatic carbocycles. The first-order chi connectivity index (χ1) is 19.0. The maximum Gasteiger partial charge on any atom is 0.433 e. The van der Waals surface area contributed by atoms with Crippen molar-refractivity contribution in [1.29, 1.82) is 0 Å². The molecule has 0 aliphatic rings. The summed E-state index contributed by atoms with van der Waals surface area (Å²) in [6.45, 7) is -0.327. The van der Waals surface area contributed by atoms with Gasteiger partial charge in [-0.3, -0.25) is 9.59 Å². The molecule has 2 aromatic carbocycles. The van der Waals surface area contributed by atoms with Crippen LogP contribution >= 0.6 is 11.3 Å². The fourth-order valence-corrected chi connectivity index (χ4v) is 4.85. The number of benzene rings is 2. The van der Waals surface area contributed by atoms with E-state index in [0.29, 0.717) is 23.0 Å². The first-order valence-electron chi connectivity index (χ1n) is 11.3. The van der Waals surface area contributed by atoms with Gasteiger partial charge >= 0.3 is 6.18 Å². The molecule has 0 bridgehead atoms. The average molecular weight is 574 g/mol. The summed E-state index contributed by atoms with van der Waals surface area (Å²) in [5, 5.41) is 6.67. The molecule has 0 atom stereocenters. The van der Waals surface area contributed by atoms with E-state index >= 15 is 0 Å². The van der Waals surface area contributed by atoms with Crippen molar-refractivity contribution < 1.29 is 36.3 Å². The number of amides is 2. The van der Waals surface area contributed by atoms with Crippen molar-refractivity contribution in [2.75, 3.05) is 5.32 Å². The lowest BCUT2D eigenvalue weighted by molar-refractivity contribution is -0.140. The van der Waals surface area contributed by atoms with E-state index in [2.05, 4.69) is 15.4 Å². The molecule has 8 nitrogen and oxygen atoms in total. The molecule has 0 saturated carbocycles. The minimum atomic E-state index is -4.77. The molecule has 0 unspecified atom stereocenters. The molecule has 0 fully saturated rings. The predicted octanol–water partition coefficient (Wildman–Crippen LogP) is 5.84. The van der Waals surface area contributed by atoms with Crippen LogP contribution in [0.4, 0.5) is 27.6 Å². The van der Waals surface area contributed by atoms with Gasteiger partial charge in [0.15, 0.2) is 24.0 Å². The van der Waals surface area contributed by atoms with Gasteiger partial charge in [0.1, 0.15) is 21.2 Å². The molecule has 2 amide bonds. The van der Waals surface area contributed by atoms with E-state index in [1.165, 1.54) is 12.3 Å². The van der Waals surface area contributed by atoms with Crippen LogP contribution in [0.15, 0.2) is 66.9 Å². The molecule has 5 aromatic rings. The maximum absolute atomic E-state index is 13.8. The number of hydrogen-bond acceptors (Lipinski definition) is 6. The summed E-state index contributed by atoms with van der Waals surface area (Å²) in [5.74, 6) is -3.73. The molecule has 204 valence electrons. The average Bonchev–Trinajstić information content (AvgIpc) is 3.53. The van der Waals surface area contributed by atoms with Gasteiger partial charge in [0.25, 0.3) is 11.8 Å². The number of anilines is 1. The van der Waals surface area contributed by atoms with E-state index in [1.54, 1.807) is 30.3 Å². The standard InChI is InChI=1S/C26H16F5N5O3S/c27-14-6-7-18(16(28)10-14)39-12-36-9-8-17(35-36)24(38)34-21-20-15(13-4-2-1-3-5-13)11-19(26(29,30)31)33-25(20)40-22(21)23(32)37/h1-11H,12H2,(H2,32,37)(H,34,38). The third-order valence-corrected chi connectivity index (χ3v) is 6.72. The number of aromatic nitrogens is 3. The summed E-state index contributed by atoms with van der Waals surface area (Å²) in [7, 11) is 0. The molecule has 0 saturated heterocycles. The summed E-state index contributed by atoms with van der Waals surface area (Å²) in [5.41, 5.74) is 4.53. The number of ether oxygens (including phenoxy) is 1. The molecule has 5 rings (SSSR count). The lowest BCUT2D eigenvalue weighted by Crippen LogP contribution is -2.18. The van der Waals surface area contributed by atoms with Crippen LogP contribution in [0.2, 0.25) is 0 Å². The van der Waals surface area contributed by atoms with Gasteiger partial charge in [0.05, 0.1) is 5.69 Å². The zero-order valence-electron chi connectivity index (χ0n) is 20.0. The molecule has 0 aliphatic heterocycles. The Kier molecular flexibility index (Phi) is 6.94. The van der Waals surface area contributed by atoms with E-state index in [4.69, 9.17) is 10.5 Å². The molecule has 3 aromatic heterocycles. The topological polar surface area (TPSA) is 112 Å². The van der Waals surface area contributed by atoms with Gasteiger partial charge in [-0.25, -0.2) is 18.4 Å². The SMILES string of the molecule is NC(=O)c1sc2nc(C(F)(F)F)cc(-c3ccccc3)c2c1NC(=O)c1ccn(COc2ccc(F)cc2F)n1. The first kappa shape index (κ1) is 26.7. The number of fused-ring (bicyclic) bond motifs is 1. The number of nitrogens with one attached hydrogen (secondary N) is 1. The highest BCUT2D eigenvalue weighted by Crippen LogP contribution is 2.43. The second-order valence-corrected chi connectivity index (χ2v) is 9.31. The van der Waals surface area contributed by atoms with E-state index in [0.717, 1.165) is 22.9 Å². The van der Waals surface area contributed by atoms with Gasteiger partial charge < -0.3 is 15.8 Å². The van der Waals surface area contributed by atoms with Gasteiger partial charge in [-0.2, -0.15) is 18.3 Å². The number of nitrogens with zero attached hydrogens (tertiary/aromatic N) is 3. The van der Waals surface area contributed by atoms with Crippen molar-refractivity contribution >= 4 is 39.1 Å². The number of thiophene rings is 1. The number of halogens is 5. The lowest BCUT2D eigenvalue weighted by atomic mass is 10.0. The quantitative estimate of drug-likeness (QED) is 0.238. The number of rotatable bonds is 7. The Bertz CT molecular complexity index is 1750. The Balaban J connectivity index is 1.50. The van der Waals surface area contributed by atoms with Crippen molar-refractivity contribution in [1.82, 2.24) is 14.8 Å². The van der Waals surface area contributed by atoms with Crippen molar-refractivity contribution in [3.05, 3.63) is 94.8 Å². The number of primary amides is 1. The zero-order chi connectivity index (χ0) is 28.6. The highest BCUT2D eigenvalue weighted by molar-refractivity contribution is 7.21. The molecule has 3 N–H and O–H groups in total. The molecule has 0 spiro atoms. The summed E-state index contributed by atoms with van der Waals surface area (Å²) in [6.07, 6.45) is -3.42. The predicted molar refractivity (Wildman–Crippen MR) is 136 cm³/mol. The van der Waals surface area contributed by atoms with E-state index in [9.17, 15) is 31.5 Å². The largest absolute Gasteiger partial charge is 0.468 e. The summed E-state index contributed by atoms with van der Waals surface area (Å²) >= 11 is 0.613. The molecule has 3 heterocycles. The minimum Gasteiger partial charge on any atom is -0.468 e. The Hall–Kier alpha value is -4.85. The van der Waals surface area contributed by atoms with Crippen molar-refractivity contribution in [2.24, 2.45) is 5.73 Å². The van der Waals surface area contributed by atoms with Crippen LogP contribution in [0.5, 0.6) is 5.75 Å². The van der Waals surface area contributed by atoms with Gasteiger partial charge in [0.2, 0.25) is 0 Å². The fourth-order valence-electron chi connectivity index (χ4n) is 3.84. The second kappa shape index (κ2) is 10.4. The summed E-state index contributed by atoms with van der Waals surface area (Å²) < 4.78 is 74.2. The number of hydrogen-bond donors (Lipinski definition) is 2. The third kappa shape index (κ3) is 5.33. The fraction of sp³-hybridized carbons (Fsp3) is 0.0769. The highest BCUT2D eigenvalue weighted by Gasteiger charge is 2.35. The van der Waals surface area contributed by atoms with Crippen molar-refractivity contribution in [3.63, 3.8) is 0 Å². The maximum atomic E-state index is 13.8. The third-order valence-electron chi connectivity index (χ3n) is 5.62. The number of carbonyl (C=O) groups is 2. The monoisotopic (exact) mass is 573 g/mol. The van der Waals surface area contributed by atoms with E-state index < -0.39 is 35.3 Å². The van der Waals surface area contributed by atoms with Crippen LogP contribution in [0.1, 0.15) is 25.9 Å². The Labute approximate surface area is 225 Å². The Morgan fingerprint density at radius 3 is 2.48 bits per heavy atom. The molecule has 14 heteroatoms. The van der Waals surface area contributed by atoms with Crippen LogP contribution in [-0.4, -0.2) is 26.6 Å². The number of pyridine rings is 1. The Morgan fingerprint density at radius 2 is 1.80 bits per heavy atom. The van der Waals surface area contributed by atoms with Gasteiger partial charge in [-0.1, -0.05) is 30.3 Å². The van der Waals surface area contributed by atoms with E-state index in [1.807, 2.05) is 0 Å². The number of carbonyl (C=O) groups excluding carboxylic acids is 2. The van der Waals surface area contributed by atoms with Crippen LogP contribution in [0, 0.1) is 11.6 Å². The first-order valence-corrected chi connectivity index (χ1v) is 12.2. The molecular formula is C26H16F5N5O3S. The van der Waals surface area contributed by atoms with Crippen LogP contribution in [0.3, 0.4) is 0 Å². The normalized spacial score (nSPS) is 11.5. The summed E-state index contributed by atoms with van der Waals surface area (Å²) in [6, 6.07) is 13.0. The van der Waals surface area contributed by atoms with Crippen molar-refractivity contribution in [3.8, 4) is 16.9 Å². The zero-order valence-corrected chi connectivity index (χ0v) is 20.8. The van der Waals surface area contributed by atoms with Crippen LogP contribution in [-0.2, 0) is 12.9 Å². The molecule has 0 radical (unpaired) electrons. The second-order valence-electron chi connectivity index (χ2n) is 8.31. The molecular weight excluding hydrogens is 557 g/mol. The van der Waals surface area contributed by atoms with Crippen LogP contribution < -0.4 is 15.8 Å².